The van der Waals surface area contributed by atoms with E-state index in [1.165, 1.54) is 0 Å². The summed E-state index contributed by atoms with van der Waals surface area (Å²) in [5.74, 6) is 0. The maximum absolute atomic E-state index is 11.1. The summed E-state index contributed by atoms with van der Waals surface area (Å²) in [7, 11) is -3.30. The third-order valence-corrected chi connectivity index (χ3v) is 2.86. The van der Waals surface area contributed by atoms with E-state index in [4.69, 9.17) is 11.6 Å². The highest BCUT2D eigenvalue weighted by Crippen LogP contribution is 2.27. The Morgan fingerprint density at radius 3 is 2.56 bits per heavy atom. The zero-order valence-corrected chi connectivity index (χ0v) is 12.9. The SMILES string of the molecule is CS(=O)(=O)Nc1ccc(Cl)cc1C=C(Br)Br. The molecule has 0 radical (unpaired) electrons. The molecule has 0 atom stereocenters. The van der Waals surface area contributed by atoms with Crippen LogP contribution < -0.4 is 4.72 Å². The van der Waals surface area contributed by atoms with E-state index in [0.717, 1.165) is 6.26 Å². The first-order valence-corrected chi connectivity index (χ1v) is 7.93. The van der Waals surface area contributed by atoms with Crippen LogP contribution in [0.2, 0.25) is 5.02 Å². The minimum absolute atomic E-state index is 0.475. The molecule has 0 aliphatic carbocycles. The summed E-state index contributed by atoms with van der Waals surface area (Å²) in [6.45, 7) is 0. The molecule has 1 N–H and O–H groups in total. The molecule has 0 aromatic heterocycles. The maximum Gasteiger partial charge on any atom is 0.229 e. The van der Waals surface area contributed by atoms with Crippen molar-refractivity contribution >= 4 is 65.2 Å². The van der Waals surface area contributed by atoms with Crippen molar-refractivity contribution in [2.75, 3.05) is 11.0 Å². The first kappa shape index (κ1) is 14.0. The van der Waals surface area contributed by atoms with E-state index in [-0.39, 0.29) is 0 Å². The van der Waals surface area contributed by atoms with E-state index in [9.17, 15) is 8.42 Å². The lowest BCUT2D eigenvalue weighted by molar-refractivity contribution is 0.607. The van der Waals surface area contributed by atoms with E-state index in [1.807, 2.05) is 0 Å². The topological polar surface area (TPSA) is 46.2 Å². The zero-order valence-electron chi connectivity index (χ0n) is 8.17. The molecule has 0 unspecified atom stereocenters. The highest BCUT2D eigenvalue weighted by molar-refractivity contribution is 9.28. The molecule has 0 spiro atoms. The van der Waals surface area contributed by atoms with Crippen LogP contribution in [0.25, 0.3) is 6.08 Å². The molecule has 0 bridgehead atoms. The zero-order chi connectivity index (χ0) is 12.3. The van der Waals surface area contributed by atoms with Crippen LogP contribution in [0.15, 0.2) is 21.6 Å². The summed E-state index contributed by atoms with van der Waals surface area (Å²) in [5.41, 5.74) is 1.14. The largest absolute Gasteiger partial charge is 0.283 e. The lowest BCUT2D eigenvalue weighted by Gasteiger charge is -2.08. The van der Waals surface area contributed by atoms with Crippen molar-refractivity contribution in [3.8, 4) is 0 Å². The van der Waals surface area contributed by atoms with Crippen molar-refractivity contribution < 1.29 is 8.42 Å². The molecule has 3 nitrogen and oxygen atoms in total. The predicted molar refractivity (Wildman–Crippen MR) is 75.7 cm³/mol. The van der Waals surface area contributed by atoms with Crippen molar-refractivity contribution in [2.24, 2.45) is 0 Å². The van der Waals surface area contributed by atoms with E-state index in [1.54, 1.807) is 24.3 Å². The summed E-state index contributed by atoms with van der Waals surface area (Å²) in [4.78, 5) is 0. The van der Waals surface area contributed by atoms with Gasteiger partial charge in [0.1, 0.15) is 0 Å². The second kappa shape index (κ2) is 5.53. The van der Waals surface area contributed by atoms with Crippen LogP contribution in [0.5, 0.6) is 0 Å². The first-order chi connectivity index (χ1) is 7.28. The Morgan fingerprint density at radius 2 is 2.06 bits per heavy atom. The number of nitrogens with one attached hydrogen (secondary N) is 1. The predicted octanol–water partition coefficient (Wildman–Crippen LogP) is 3.80. The van der Waals surface area contributed by atoms with Crippen LogP contribution >= 0.6 is 43.5 Å². The van der Waals surface area contributed by atoms with E-state index in [2.05, 4.69) is 36.6 Å². The van der Waals surface area contributed by atoms with E-state index < -0.39 is 10.0 Å². The molecule has 88 valence electrons. The van der Waals surface area contributed by atoms with Crippen LogP contribution in [-0.2, 0) is 10.0 Å². The standard InChI is InChI=1S/C9H8Br2ClNO2S/c1-16(14,15)13-8-3-2-7(12)4-6(8)5-9(10)11/h2-5,13H,1H3. The fraction of sp³-hybridized carbons (Fsp3) is 0.111. The molecule has 16 heavy (non-hydrogen) atoms. The van der Waals surface area contributed by atoms with Gasteiger partial charge in [0.05, 0.1) is 15.3 Å². The van der Waals surface area contributed by atoms with Crippen LogP contribution in [0.1, 0.15) is 5.56 Å². The molecular formula is C9H8Br2ClNO2S. The van der Waals surface area contributed by atoms with Gasteiger partial charge in [0.15, 0.2) is 0 Å². The lowest BCUT2D eigenvalue weighted by atomic mass is 10.2. The molecule has 1 aromatic rings. The molecule has 0 saturated carbocycles. The smallest absolute Gasteiger partial charge is 0.229 e. The lowest BCUT2D eigenvalue weighted by Crippen LogP contribution is -2.10. The third kappa shape index (κ3) is 4.86. The van der Waals surface area contributed by atoms with Crippen LogP contribution in [0.4, 0.5) is 5.69 Å². The van der Waals surface area contributed by atoms with Crippen LogP contribution in [0, 0.1) is 0 Å². The summed E-state index contributed by atoms with van der Waals surface area (Å²) in [6.07, 6.45) is 2.80. The normalized spacial score (nSPS) is 11.0. The van der Waals surface area contributed by atoms with E-state index in [0.29, 0.717) is 19.7 Å². The van der Waals surface area contributed by atoms with Gasteiger partial charge < -0.3 is 0 Å². The minimum Gasteiger partial charge on any atom is -0.283 e. The van der Waals surface area contributed by atoms with Gasteiger partial charge in [0.2, 0.25) is 10.0 Å². The van der Waals surface area contributed by atoms with Gasteiger partial charge in [-0.15, -0.1) is 0 Å². The first-order valence-electron chi connectivity index (χ1n) is 4.08. The Balaban J connectivity index is 3.23. The Bertz CT molecular complexity index is 524. The Kier molecular flexibility index (Phi) is 4.85. The number of hydrogen-bond donors (Lipinski definition) is 1. The highest BCUT2D eigenvalue weighted by atomic mass is 79.9. The van der Waals surface area contributed by atoms with Crippen molar-refractivity contribution in [3.63, 3.8) is 0 Å². The van der Waals surface area contributed by atoms with Crippen LogP contribution in [-0.4, -0.2) is 14.7 Å². The van der Waals surface area contributed by atoms with Crippen molar-refractivity contribution in [1.29, 1.82) is 0 Å². The Morgan fingerprint density at radius 1 is 1.44 bits per heavy atom. The molecule has 0 amide bonds. The number of sulfonamides is 1. The summed E-state index contributed by atoms with van der Waals surface area (Å²) in [5, 5.41) is 0.534. The van der Waals surface area contributed by atoms with Gasteiger partial charge in [-0.05, 0) is 56.1 Å². The van der Waals surface area contributed by atoms with Gasteiger partial charge in [-0.2, -0.15) is 0 Å². The second-order valence-corrected chi connectivity index (χ2v) is 8.00. The molecule has 0 heterocycles. The highest BCUT2D eigenvalue weighted by Gasteiger charge is 2.06. The van der Waals surface area contributed by atoms with E-state index >= 15 is 0 Å². The van der Waals surface area contributed by atoms with Crippen LogP contribution in [0.3, 0.4) is 0 Å². The van der Waals surface area contributed by atoms with Gasteiger partial charge in [-0.3, -0.25) is 4.72 Å². The second-order valence-electron chi connectivity index (χ2n) is 3.04. The Labute approximate surface area is 116 Å². The molecule has 0 aliphatic rings. The molecule has 1 aromatic carbocycles. The average molecular weight is 389 g/mol. The summed E-state index contributed by atoms with van der Waals surface area (Å²) >= 11 is 12.2. The summed E-state index contributed by atoms with van der Waals surface area (Å²) in [6, 6.07) is 4.89. The van der Waals surface area contributed by atoms with Gasteiger partial charge >= 0.3 is 0 Å². The van der Waals surface area contributed by atoms with Crippen molar-refractivity contribution in [3.05, 3.63) is 32.2 Å². The van der Waals surface area contributed by atoms with Crippen molar-refractivity contribution in [2.45, 2.75) is 0 Å². The molecule has 0 fully saturated rings. The average Bonchev–Trinajstić information content (AvgIpc) is 2.06. The summed E-state index contributed by atoms with van der Waals surface area (Å²) < 4.78 is 25.4. The number of hydrogen-bond acceptors (Lipinski definition) is 2. The van der Waals surface area contributed by atoms with Gasteiger partial charge in [-0.1, -0.05) is 11.6 Å². The van der Waals surface area contributed by atoms with Crippen molar-refractivity contribution in [1.82, 2.24) is 0 Å². The van der Waals surface area contributed by atoms with Gasteiger partial charge in [0.25, 0.3) is 0 Å². The number of anilines is 1. The Hall–Kier alpha value is -0.0400. The molecule has 1 rings (SSSR count). The van der Waals surface area contributed by atoms with Gasteiger partial charge in [0, 0.05) is 10.6 Å². The monoisotopic (exact) mass is 387 g/mol. The fourth-order valence-corrected chi connectivity index (χ4v) is 2.32. The third-order valence-electron chi connectivity index (χ3n) is 1.57. The quantitative estimate of drug-likeness (QED) is 0.855. The number of rotatable bonds is 3. The number of benzene rings is 1. The van der Waals surface area contributed by atoms with Gasteiger partial charge in [-0.25, -0.2) is 8.42 Å². The molecule has 0 aliphatic heterocycles. The minimum atomic E-state index is -3.30. The molecular weight excluding hydrogens is 381 g/mol. The number of halogens is 3. The fourth-order valence-electron chi connectivity index (χ4n) is 1.06. The molecule has 0 saturated heterocycles. The maximum atomic E-state index is 11.1. The molecule has 7 heteroatoms.